The number of ether oxygens (including phenoxy) is 3. The van der Waals surface area contributed by atoms with Crippen molar-refractivity contribution in [3.05, 3.63) is 5.02 Å². The number of aromatic nitrogens is 2. The van der Waals surface area contributed by atoms with Crippen LogP contribution in [0.1, 0.15) is 0 Å². The minimum atomic E-state index is -1.54. The van der Waals surface area contributed by atoms with Gasteiger partial charge in [0.25, 0.3) is 5.88 Å². The molecule has 15 heavy (non-hydrogen) atoms. The summed E-state index contributed by atoms with van der Waals surface area (Å²) in [6.45, 7) is 0. The summed E-state index contributed by atoms with van der Waals surface area (Å²) in [5, 5.41) is 8.26. The number of rotatable bonds is 3. The lowest BCUT2D eigenvalue weighted by Crippen LogP contribution is -2.07. The van der Waals surface area contributed by atoms with Gasteiger partial charge in [0.1, 0.15) is 0 Å². The van der Waals surface area contributed by atoms with Gasteiger partial charge in [0.15, 0.2) is 5.02 Å². The van der Waals surface area contributed by atoms with Gasteiger partial charge in [0, 0.05) is 0 Å². The van der Waals surface area contributed by atoms with Gasteiger partial charge in [-0.3, -0.25) is 0 Å². The Hall–Kier alpha value is -1.76. The van der Waals surface area contributed by atoms with E-state index in [0.29, 0.717) is 0 Å². The molecule has 8 heteroatoms. The molecule has 0 spiro atoms. The van der Waals surface area contributed by atoms with Crippen molar-refractivity contribution in [2.24, 2.45) is 0 Å². The van der Waals surface area contributed by atoms with Crippen LogP contribution < -0.4 is 14.2 Å². The van der Waals surface area contributed by atoms with Crippen LogP contribution in [0.25, 0.3) is 0 Å². The maximum absolute atomic E-state index is 10.3. The topological polar surface area (TPSA) is 90.8 Å². The molecule has 0 bridgehead atoms. The van der Waals surface area contributed by atoms with Gasteiger partial charge in [-0.25, -0.2) is 4.79 Å². The van der Waals surface area contributed by atoms with Crippen molar-refractivity contribution in [1.82, 2.24) is 9.97 Å². The average Bonchev–Trinajstić information content (AvgIpc) is 2.20. The van der Waals surface area contributed by atoms with Gasteiger partial charge in [0.05, 0.1) is 14.2 Å². The van der Waals surface area contributed by atoms with E-state index >= 15 is 0 Å². The van der Waals surface area contributed by atoms with Crippen molar-refractivity contribution in [3.63, 3.8) is 0 Å². The molecule has 0 atom stereocenters. The van der Waals surface area contributed by atoms with Crippen LogP contribution in [0.2, 0.25) is 5.02 Å². The third kappa shape index (κ3) is 2.59. The first kappa shape index (κ1) is 11.3. The second-order valence-electron chi connectivity index (χ2n) is 2.21. The van der Waals surface area contributed by atoms with E-state index in [9.17, 15) is 4.79 Å². The quantitative estimate of drug-likeness (QED) is 0.786. The number of nitrogens with zero attached hydrogens (tertiary/aromatic N) is 2. The molecule has 0 saturated heterocycles. The first-order valence-electron chi connectivity index (χ1n) is 3.64. The monoisotopic (exact) mass is 234 g/mol. The Kier molecular flexibility index (Phi) is 3.51. The molecular formula is C7H7ClN2O5. The molecule has 0 unspecified atom stereocenters. The van der Waals surface area contributed by atoms with Crippen LogP contribution in [0.15, 0.2) is 0 Å². The van der Waals surface area contributed by atoms with Crippen LogP contribution in [0.4, 0.5) is 4.79 Å². The summed E-state index contributed by atoms with van der Waals surface area (Å²) >= 11 is 5.69. The molecule has 82 valence electrons. The zero-order chi connectivity index (χ0) is 11.4. The summed E-state index contributed by atoms with van der Waals surface area (Å²) in [4.78, 5) is 17.6. The highest BCUT2D eigenvalue weighted by atomic mass is 35.5. The lowest BCUT2D eigenvalue weighted by atomic mass is 10.6. The molecule has 0 fully saturated rings. The van der Waals surface area contributed by atoms with E-state index in [1.54, 1.807) is 0 Å². The predicted molar refractivity (Wildman–Crippen MR) is 48.8 cm³/mol. The fraction of sp³-hybridized carbons (Fsp3) is 0.286. The van der Waals surface area contributed by atoms with Crippen molar-refractivity contribution in [3.8, 4) is 17.8 Å². The van der Waals surface area contributed by atoms with Crippen LogP contribution >= 0.6 is 11.6 Å². The average molecular weight is 235 g/mol. The molecule has 1 aromatic heterocycles. The lowest BCUT2D eigenvalue weighted by Gasteiger charge is -2.07. The van der Waals surface area contributed by atoms with E-state index in [-0.39, 0.29) is 22.8 Å². The van der Waals surface area contributed by atoms with Crippen LogP contribution in [-0.2, 0) is 0 Å². The third-order valence-corrected chi connectivity index (χ3v) is 1.65. The molecule has 0 saturated carbocycles. The maximum Gasteiger partial charge on any atom is 0.512 e. The highest BCUT2D eigenvalue weighted by Gasteiger charge is 2.17. The SMILES string of the molecule is COc1nc(OC)c(Cl)c(OC(=O)O)n1. The molecule has 0 amide bonds. The van der Waals surface area contributed by atoms with Crippen molar-refractivity contribution in [2.45, 2.75) is 0 Å². The number of methoxy groups -OCH3 is 2. The van der Waals surface area contributed by atoms with E-state index in [0.717, 1.165) is 0 Å². The molecule has 0 aliphatic rings. The number of halogens is 1. The number of hydrogen-bond donors (Lipinski definition) is 1. The van der Waals surface area contributed by atoms with Gasteiger partial charge in [-0.15, -0.1) is 0 Å². The molecule has 7 nitrogen and oxygen atoms in total. The Morgan fingerprint density at radius 3 is 2.33 bits per heavy atom. The van der Waals surface area contributed by atoms with Gasteiger partial charge in [-0.05, 0) is 0 Å². The van der Waals surface area contributed by atoms with Crippen LogP contribution in [0.5, 0.6) is 17.8 Å². The van der Waals surface area contributed by atoms with Gasteiger partial charge in [0.2, 0.25) is 5.88 Å². The first-order chi connectivity index (χ1) is 7.08. The Morgan fingerprint density at radius 2 is 1.87 bits per heavy atom. The Labute approximate surface area is 89.6 Å². The fourth-order valence-electron chi connectivity index (χ4n) is 0.765. The van der Waals surface area contributed by atoms with Gasteiger partial charge < -0.3 is 19.3 Å². The molecule has 1 rings (SSSR count). The van der Waals surface area contributed by atoms with Gasteiger partial charge in [-0.1, -0.05) is 11.6 Å². The Balaban J connectivity index is 3.17. The van der Waals surface area contributed by atoms with Crippen LogP contribution in [0, 0.1) is 0 Å². The van der Waals surface area contributed by atoms with Crippen molar-refractivity contribution in [2.75, 3.05) is 14.2 Å². The van der Waals surface area contributed by atoms with E-state index in [4.69, 9.17) is 26.2 Å². The van der Waals surface area contributed by atoms with E-state index < -0.39 is 6.16 Å². The second kappa shape index (κ2) is 4.65. The molecule has 1 heterocycles. The summed E-state index contributed by atoms with van der Waals surface area (Å²) < 4.78 is 13.8. The smallest absolute Gasteiger partial charge is 0.480 e. The molecule has 0 aromatic carbocycles. The fourth-order valence-corrected chi connectivity index (χ4v) is 0.965. The minimum Gasteiger partial charge on any atom is -0.480 e. The van der Waals surface area contributed by atoms with Crippen molar-refractivity contribution in [1.29, 1.82) is 0 Å². The molecule has 1 aromatic rings. The predicted octanol–water partition coefficient (Wildman–Crippen LogP) is 1.20. The third-order valence-electron chi connectivity index (χ3n) is 1.33. The standard InChI is InChI=1S/C7H7ClN2O5/c1-13-4-3(8)5(15-7(11)12)10-6(9-4)14-2/h1-2H3,(H,11,12). The van der Waals surface area contributed by atoms with Crippen LogP contribution in [0.3, 0.4) is 0 Å². The largest absolute Gasteiger partial charge is 0.512 e. The highest BCUT2D eigenvalue weighted by Crippen LogP contribution is 2.32. The Bertz CT molecular complexity index is 384. The Morgan fingerprint density at radius 1 is 1.27 bits per heavy atom. The van der Waals surface area contributed by atoms with Gasteiger partial charge in [-0.2, -0.15) is 9.97 Å². The van der Waals surface area contributed by atoms with E-state index in [2.05, 4.69) is 14.7 Å². The van der Waals surface area contributed by atoms with E-state index in [1.165, 1.54) is 14.2 Å². The van der Waals surface area contributed by atoms with Crippen LogP contribution in [-0.4, -0.2) is 35.4 Å². The molecule has 0 aliphatic heterocycles. The number of hydrogen-bond acceptors (Lipinski definition) is 6. The summed E-state index contributed by atoms with van der Waals surface area (Å²) in [7, 11) is 2.63. The van der Waals surface area contributed by atoms with Crippen molar-refractivity contribution < 1.29 is 24.1 Å². The molecular weight excluding hydrogens is 228 g/mol. The normalized spacial score (nSPS) is 9.53. The summed E-state index contributed by atoms with van der Waals surface area (Å²) in [6.07, 6.45) is -1.54. The van der Waals surface area contributed by atoms with Crippen molar-refractivity contribution >= 4 is 17.8 Å². The number of carbonyl (C=O) groups is 1. The molecule has 0 aliphatic carbocycles. The summed E-state index contributed by atoms with van der Waals surface area (Å²) in [5.74, 6) is -0.368. The lowest BCUT2D eigenvalue weighted by molar-refractivity contribution is 0.142. The van der Waals surface area contributed by atoms with Gasteiger partial charge >= 0.3 is 12.2 Å². The first-order valence-corrected chi connectivity index (χ1v) is 4.02. The zero-order valence-electron chi connectivity index (χ0n) is 7.85. The van der Waals surface area contributed by atoms with E-state index in [1.807, 2.05) is 0 Å². The summed E-state index contributed by atoms with van der Waals surface area (Å²) in [6, 6.07) is -0.104. The minimum absolute atomic E-state index is 0.0280. The zero-order valence-corrected chi connectivity index (χ0v) is 8.61. The second-order valence-corrected chi connectivity index (χ2v) is 2.58. The maximum atomic E-state index is 10.3. The molecule has 0 radical (unpaired) electrons. The molecule has 1 N–H and O–H groups in total. The summed E-state index contributed by atoms with van der Waals surface area (Å²) in [5.41, 5.74) is 0. The number of carboxylic acid groups (broad SMARTS) is 1. The highest BCUT2D eigenvalue weighted by molar-refractivity contribution is 6.33.